The van der Waals surface area contributed by atoms with Crippen LogP contribution in [0.5, 0.6) is 11.5 Å². The van der Waals surface area contributed by atoms with Gasteiger partial charge < -0.3 is 14.6 Å². The van der Waals surface area contributed by atoms with E-state index in [0.717, 1.165) is 4.90 Å². The van der Waals surface area contributed by atoms with Crippen molar-refractivity contribution in [2.24, 2.45) is 0 Å². The molecule has 1 aliphatic rings. The van der Waals surface area contributed by atoms with Crippen LogP contribution < -0.4 is 20.5 Å². The fourth-order valence-corrected chi connectivity index (χ4v) is 3.69. The number of phenolic OH excluding ortho intramolecular Hbond substituents is 1. The van der Waals surface area contributed by atoms with Gasteiger partial charge >= 0.3 is 5.97 Å². The summed E-state index contributed by atoms with van der Waals surface area (Å²) in [6.45, 7) is -0.472. The molecule has 38 heavy (non-hydrogen) atoms. The third-order valence-corrected chi connectivity index (χ3v) is 5.72. The predicted octanol–water partition coefficient (Wildman–Crippen LogP) is 2.01. The number of hydrogen-bond donors (Lipinski definition) is 3. The number of esters is 1. The smallest absolute Gasteiger partial charge is 0.338 e. The highest BCUT2D eigenvalue weighted by Gasteiger charge is 2.39. The van der Waals surface area contributed by atoms with Crippen molar-refractivity contribution in [3.8, 4) is 11.5 Å². The van der Waals surface area contributed by atoms with Crippen LogP contribution in [0.2, 0.25) is 0 Å². The van der Waals surface area contributed by atoms with Crippen molar-refractivity contribution in [3.63, 3.8) is 0 Å². The Morgan fingerprint density at radius 1 is 0.947 bits per heavy atom. The van der Waals surface area contributed by atoms with Crippen LogP contribution in [-0.4, -0.2) is 54.3 Å². The Morgan fingerprint density at radius 2 is 1.63 bits per heavy atom. The van der Waals surface area contributed by atoms with Crippen molar-refractivity contribution < 1.29 is 38.6 Å². The second kappa shape index (κ2) is 11.4. The molecule has 0 saturated carbocycles. The Hall–Kier alpha value is -5.03. The SMILES string of the molecule is COc1cccc(C(=O)COC(=O)c2ccc(N3C(=O)CC(NNC(=O)c4ccc(O)cc4)C3=O)cc2)c1. The van der Waals surface area contributed by atoms with Crippen molar-refractivity contribution in [1.29, 1.82) is 0 Å². The summed E-state index contributed by atoms with van der Waals surface area (Å²) in [5, 5.41) is 9.32. The predicted molar refractivity (Wildman–Crippen MR) is 134 cm³/mol. The number of amides is 3. The monoisotopic (exact) mass is 517 g/mol. The lowest BCUT2D eigenvalue weighted by atomic mass is 10.1. The lowest BCUT2D eigenvalue weighted by Crippen LogP contribution is -2.48. The minimum atomic E-state index is -0.990. The lowest BCUT2D eigenvalue weighted by molar-refractivity contribution is -0.121. The van der Waals surface area contributed by atoms with Gasteiger partial charge in [0.2, 0.25) is 5.91 Å². The van der Waals surface area contributed by atoms with Crippen LogP contribution in [0.3, 0.4) is 0 Å². The van der Waals surface area contributed by atoms with Crippen LogP contribution in [0.4, 0.5) is 5.69 Å². The fourth-order valence-electron chi connectivity index (χ4n) is 3.69. The summed E-state index contributed by atoms with van der Waals surface area (Å²) >= 11 is 0. The third kappa shape index (κ3) is 5.85. The molecule has 194 valence electrons. The highest BCUT2D eigenvalue weighted by atomic mass is 16.5. The molecule has 1 unspecified atom stereocenters. The summed E-state index contributed by atoms with van der Waals surface area (Å²) in [5.41, 5.74) is 5.89. The molecule has 3 aromatic rings. The number of imide groups is 1. The van der Waals surface area contributed by atoms with Gasteiger partial charge in [0.15, 0.2) is 12.4 Å². The molecule has 1 atom stereocenters. The maximum absolute atomic E-state index is 12.8. The summed E-state index contributed by atoms with van der Waals surface area (Å²) < 4.78 is 10.2. The number of ketones is 1. The van der Waals surface area contributed by atoms with Crippen LogP contribution in [0.25, 0.3) is 0 Å². The van der Waals surface area contributed by atoms with Crippen LogP contribution in [0.15, 0.2) is 72.8 Å². The molecular weight excluding hydrogens is 494 g/mol. The van der Waals surface area contributed by atoms with Gasteiger partial charge in [-0.25, -0.2) is 15.1 Å². The number of methoxy groups -OCH3 is 1. The maximum atomic E-state index is 12.8. The number of rotatable bonds is 9. The molecule has 0 radical (unpaired) electrons. The summed E-state index contributed by atoms with van der Waals surface area (Å²) in [7, 11) is 1.48. The minimum Gasteiger partial charge on any atom is -0.508 e. The number of nitrogens with zero attached hydrogens (tertiary/aromatic N) is 1. The number of hydrogen-bond acceptors (Lipinski definition) is 9. The number of hydrazine groups is 1. The molecule has 0 aliphatic carbocycles. The number of benzene rings is 3. The second-order valence-electron chi connectivity index (χ2n) is 8.25. The molecule has 3 aromatic carbocycles. The molecule has 4 rings (SSSR count). The van der Waals surface area contributed by atoms with E-state index in [2.05, 4.69) is 10.9 Å². The molecule has 11 nitrogen and oxygen atoms in total. The topological polar surface area (TPSA) is 151 Å². The number of nitrogens with one attached hydrogen (secondary N) is 2. The Labute approximate surface area is 216 Å². The highest BCUT2D eigenvalue weighted by molar-refractivity contribution is 6.22. The van der Waals surface area contributed by atoms with Gasteiger partial charge in [0, 0.05) is 11.1 Å². The first kappa shape index (κ1) is 26.0. The average Bonchev–Trinajstić information content (AvgIpc) is 3.23. The molecule has 3 amide bonds. The van der Waals surface area contributed by atoms with Gasteiger partial charge in [-0.2, -0.15) is 0 Å². The molecule has 0 aromatic heterocycles. The van der Waals surface area contributed by atoms with Gasteiger partial charge in [0.1, 0.15) is 17.5 Å². The zero-order chi connectivity index (χ0) is 27.2. The van der Waals surface area contributed by atoms with E-state index in [-0.39, 0.29) is 29.0 Å². The number of carbonyl (C=O) groups excluding carboxylic acids is 5. The van der Waals surface area contributed by atoms with Crippen molar-refractivity contribution >= 4 is 35.2 Å². The number of anilines is 1. The Bertz CT molecular complexity index is 1390. The number of Topliss-reactive ketones (excluding diaryl/α,β-unsaturated/α-hetero) is 1. The van der Waals surface area contributed by atoms with Crippen LogP contribution in [0, 0.1) is 0 Å². The Balaban J connectivity index is 1.33. The maximum Gasteiger partial charge on any atom is 0.338 e. The normalized spacial score (nSPS) is 14.8. The van der Waals surface area contributed by atoms with E-state index in [1.807, 2.05) is 0 Å². The standard InChI is InChI=1S/C27H23N3O8/c1-37-21-4-2-3-18(13-21)23(32)15-38-27(36)17-5-9-19(10-6-17)30-24(33)14-22(26(30)35)28-29-25(34)16-7-11-20(31)12-8-16/h2-13,22,28,31H,14-15H2,1H3,(H,29,34). The number of phenols is 1. The van der Waals surface area contributed by atoms with Gasteiger partial charge in [-0.1, -0.05) is 12.1 Å². The molecular formula is C27H23N3O8. The third-order valence-electron chi connectivity index (χ3n) is 5.72. The summed E-state index contributed by atoms with van der Waals surface area (Å²) in [4.78, 5) is 63.2. The first-order valence-electron chi connectivity index (χ1n) is 11.4. The van der Waals surface area contributed by atoms with Gasteiger partial charge in [-0.05, 0) is 60.7 Å². The molecule has 3 N–H and O–H groups in total. The molecule has 1 aliphatic heterocycles. The van der Waals surface area contributed by atoms with Crippen LogP contribution >= 0.6 is 0 Å². The highest BCUT2D eigenvalue weighted by Crippen LogP contribution is 2.23. The first-order valence-corrected chi connectivity index (χ1v) is 11.4. The van der Waals surface area contributed by atoms with Gasteiger partial charge in [-0.15, -0.1) is 0 Å². The Kier molecular flexibility index (Phi) is 7.78. The van der Waals surface area contributed by atoms with E-state index >= 15 is 0 Å². The van der Waals surface area contributed by atoms with Gasteiger partial charge in [0.25, 0.3) is 11.8 Å². The van der Waals surface area contributed by atoms with E-state index in [9.17, 15) is 29.1 Å². The minimum absolute atomic E-state index is 0.00252. The molecule has 11 heteroatoms. The Morgan fingerprint density at radius 3 is 2.32 bits per heavy atom. The second-order valence-corrected chi connectivity index (χ2v) is 8.25. The van der Waals surface area contributed by atoms with E-state index in [4.69, 9.17) is 9.47 Å². The van der Waals surface area contributed by atoms with Crippen molar-refractivity contribution in [3.05, 3.63) is 89.5 Å². The summed E-state index contributed by atoms with van der Waals surface area (Å²) in [5.74, 6) is -2.27. The lowest BCUT2D eigenvalue weighted by Gasteiger charge is -2.16. The van der Waals surface area contributed by atoms with E-state index in [0.29, 0.717) is 11.3 Å². The van der Waals surface area contributed by atoms with Crippen molar-refractivity contribution in [1.82, 2.24) is 10.9 Å². The molecule has 1 saturated heterocycles. The van der Waals surface area contributed by atoms with E-state index in [1.165, 1.54) is 61.7 Å². The van der Waals surface area contributed by atoms with E-state index in [1.54, 1.807) is 18.2 Å². The fraction of sp³-hybridized carbons (Fsp3) is 0.148. The number of ether oxygens (including phenoxy) is 2. The zero-order valence-electron chi connectivity index (χ0n) is 20.2. The number of carbonyl (C=O) groups is 5. The molecule has 0 spiro atoms. The van der Waals surface area contributed by atoms with Crippen LogP contribution in [0.1, 0.15) is 37.5 Å². The van der Waals surface area contributed by atoms with Crippen molar-refractivity contribution in [2.75, 3.05) is 18.6 Å². The molecule has 1 fully saturated rings. The van der Waals surface area contributed by atoms with Crippen LogP contribution in [-0.2, 0) is 14.3 Å². The number of aromatic hydroxyl groups is 1. The average molecular weight is 517 g/mol. The molecule has 0 bridgehead atoms. The zero-order valence-corrected chi connectivity index (χ0v) is 20.2. The summed E-state index contributed by atoms with van der Waals surface area (Å²) in [6, 6.07) is 16.5. The largest absolute Gasteiger partial charge is 0.508 e. The summed E-state index contributed by atoms with van der Waals surface area (Å²) in [6.07, 6.45) is -0.190. The quantitative estimate of drug-likeness (QED) is 0.168. The van der Waals surface area contributed by atoms with E-state index < -0.39 is 42.1 Å². The van der Waals surface area contributed by atoms with Gasteiger partial charge in [-0.3, -0.25) is 24.6 Å². The first-order chi connectivity index (χ1) is 18.3. The molecule has 1 heterocycles. The van der Waals surface area contributed by atoms with Crippen molar-refractivity contribution in [2.45, 2.75) is 12.5 Å². The van der Waals surface area contributed by atoms with Gasteiger partial charge in [0.05, 0.1) is 24.8 Å².